The molecular formula is C19H41N. The highest BCUT2D eigenvalue weighted by atomic mass is 15.1. The molecule has 1 unspecified atom stereocenters. The van der Waals surface area contributed by atoms with E-state index in [4.69, 9.17) is 0 Å². The molecule has 0 amide bonds. The molecule has 0 aliphatic heterocycles. The molecule has 0 spiro atoms. The van der Waals surface area contributed by atoms with Gasteiger partial charge in [0.25, 0.3) is 0 Å². The van der Waals surface area contributed by atoms with E-state index < -0.39 is 0 Å². The summed E-state index contributed by atoms with van der Waals surface area (Å²) >= 11 is 0. The van der Waals surface area contributed by atoms with E-state index >= 15 is 0 Å². The first-order chi connectivity index (χ1) is 9.72. The van der Waals surface area contributed by atoms with Crippen LogP contribution in [-0.2, 0) is 0 Å². The summed E-state index contributed by atoms with van der Waals surface area (Å²) in [4.78, 5) is 2.46. The highest BCUT2D eigenvalue weighted by Crippen LogP contribution is 2.16. The van der Waals surface area contributed by atoms with Crippen LogP contribution >= 0.6 is 0 Å². The maximum Gasteiger partial charge on any atom is 0.00891 e. The molecule has 0 heterocycles. The summed E-state index contributed by atoms with van der Waals surface area (Å²) < 4.78 is 0. The second-order valence-corrected chi connectivity index (χ2v) is 6.73. The monoisotopic (exact) mass is 283 g/mol. The summed E-state index contributed by atoms with van der Waals surface area (Å²) in [6.07, 6.45) is 19.9. The third kappa shape index (κ3) is 13.0. The molecule has 0 saturated heterocycles. The van der Waals surface area contributed by atoms with Crippen LogP contribution < -0.4 is 0 Å². The maximum absolute atomic E-state index is 2.46. The second kappa shape index (κ2) is 15.4. The zero-order valence-corrected chi connectivity index (χ0v) is 14.9. The summed E-state index contributed by atoms with van der Waals surface area (Å²) in [7, 11) is 4.52. The van der Waals surface area contributed by atoms with Gasteiger partial charge in [-0.3, -0.25) is 0 Å². The minimum absolute atomic E-state index is 0.826. The zero-order chi connectivity index (χ0) is 15.1. The van der Waals surface area contributed by atoms with Gasteiger partial charge in [-0.1, -0.05) is 90.9 Å². The van der Waals surface area contributed by atoms with Gasteiger partial charge in [-0.2, -0.15) is 0 Å². The number of unbranched alkanes of at least 4 members (excludes halogenated alkanes) is 10. The Morgan fingerprint density at radius 1 is 0.550 bits per heavy atom. The van der Waals surface area contributed by atoms with Crippen molar-refractivity contribution in [1.29, 1.82) is 0 Å². The Balaban J connectivity index is 3.50. The fraction of sp³-hybridized carbons (Fsp3) is 1.00. The molecule has 0 aliphatic carbocycles. The molecule has 1 atom stereocenters. The average Bonchev–Trinajstić information content (AvgIpc) is 2.43. The lowest BCUT2D eigenvalue weighted by Gasteiger charge is -2.24. The van der Waals surface area contributed by atoms with Crippen molar-refractivity contribution in [2.45, 2.75) is 110 Å². The fourth-order valence-electron chi connectivity index (χ4n) is 2.98. The van der Waals surface area contributed by atoms with Crippen molar-refractivity contribution in [3.63, 3.8) is 0 Å². The van der Waals surface area contributed by atoms with E-state index in [-0.39, 0.29) is 0 Å². The lowest BCUT2D eigenvalue weighted by Crippen LogP contribution is -2.27. The summed E-state index contributed by atoms with van der Waals surface area (Å²) in [5.41, 5.74) is 0. The van der Waals surface area contributed by atoms with Crippen molar-refractivity contribution in [3.05, 3.63) is 0 Å². The van der Waals surface area contributed by atoms with Crippen LogP contribution in [0.4, 0.5) is 0 Å². The van der Waals surface area contributed by atoms with Gasteiger partial charge in [0, 0.05) is 6.04 Å². The Hall–Kier alpha value is -0.0400. The minimum Gasteiger partial charge on any atom is -0.306 e. The lowest BCUT2D eigenvalue weighted by atomic mass is 9.99. The number of rotatable bonds is 15. The molecule has 20 heavy (non-hydrogen) atoms. The van der Waals surface area contributed by atoms with Gasteiger partial charge in [0.15, 0.2) is 0 Å². The van der Waals surface area contributed by atoms with Gasteiger partial charge in [-0.15, -0.1) is 0 Å². The highest BCUT2D eigenvalue weighted by Gasteiger charge is 2.10. The Bertz CT molecular complexity index is 177. The van der Waals surface area contributed by atoms with E-state index in [2.05, 4.69) is 32.8 Å². The van der Waals surface area contributed by atoms with Gasteiger partial charge < -0.3 is 4.90 Å². The Morgan fingerprint density at radius 2 is 0.900 bits per heavy atom. The summed E-state index contributed by atoms with van der Waals surface area (Å²) in [5, 5.41) is 0. The standard InChI is InChI=1S/C19H41N/c1-5-7-9-11-12-14-16-18-19(20(3)4)17-15-13-10-8-6-2/h19H,5-18H2,1-4H3. The highest BCUT2D eigenvalue weighted by molar-refractivity contribution is 4.66. The predicted octanol–water partition coefficient (Wildman–Crippen LogP) is 6.42. The summed E-state index contributed by atoms with van der Waals surface area (Å²) in [5.74, 6) is 0. The first-order valence-corrected chi connectivity index (χ1v) is 9.38. The third-order valence-electron chi connectivity index (χ3n) is 4.51. The molecule has 0 saturated carbocycles. The van der Waals surface area contributed by atoms with Crippen molar-refractivity contribution in [1.82, 2.24) is 4.90 Å². The van der Waals surface area contributed by atoms with Crippen LogP contribution in [-0.4, -0.2) is 25.0 Å². The molecule has 0 aliphatic rings. The second-order valence-electron chi connectivity index (χ2n) is 6.73. The van der Waals surface area contributed by atoms with E-state index in [1.165, 1.54) is 89.9 Å². The molecule has 0 bridgehead atoms. The van der Waals surface area contributed by atoms with Crippen LogP contribution in [0.3, 0.4) is 0 Å². The van der Waals surface area contributed by atoms with Crippen molar-refractivity contribution < 1.29 is 0 Å². The van der Waals surface area contributed by atoms with Crippen LogP contribution in [0.2, 0.25) is 0 Å². The molecule has 1 nitrogen and oxygen atoms in total. The van der Waals surface area contributed by atoms with Gasteiger partial charge in [-0.25, -0.2) is 0 Å². The Kier molecular flexibility index (Phi) is 15.3. The van der Waals surface area contributed by atoms with Crippen LogP contribution in [0, 0.1) is 0 Å². The van der Waals surface area contributed by atoms with Gasteiger partial charge in [0.1, 0.15) is 0 Å². The van der Waals surface area contributed by atoms with E-state index in [1.807, 2.05) is 0 Å². The van der Waals surface area contributed by atoms with Gasteiger partial charge in [0.05, 0.1) is 0 Å². The number of hydrogen-bond acceptors (Lipinski definition) is 1. The molecule has 122 valence electrons. The van der Waals surface area contributed by atoms with Crippen molar-refractivity contribution >= 4 is 0 Å². The van der Waals surface area contributed by atoms with Gasteiger partial charge in [0.2, 0.25) is 0 Å². The molecule has 1 heteroatoms. The van der Waals surface area contributed by atoms with Crippen LogP contribution in [0.5, 0.6) is 0 Å². The summed E-state index contributed by atoms with van der Waals surface area (Å²) in [6, 6.07) is 0.826. The fourth-order valence-corrected chi connectivity index (χ4v) is 2.98. The molecule has 0 aromatic carbocycles. The molecule has 0 N–H and O–H groups in total. The van der Waals surface area contributed by atoms with Gasteiger partial charge >= 0.3 is 0 Å². The SMILES string of the molecule is CCCCCCCCCC(CCCCCCC)N(C)C. The normalized spacial score (nSPS) is 13.1. The molecular weight excluding hydrogens is 242 g/mol. The van der Waals surface area contributed by atoms with E-state index in [0.29, 0.717) is 0 Å². The van der Waals surface area contributed by atoms with Crippen LogP contribution in [0.1, 0.15) is 104 Å². The summed E-state index contributed by atoms with van der Waals surface area (Å²) in [6.45, 7) is 4.59. The number of nitrogens with zero attached hydrogens (tertiary/aromatic N) is 1. The molecule has 0 radical (unpaired) electrons. The van der Waals surface area contributed by atoms with Crippen molar-refractivity contribution in [2.75, 3.05) is 14.1 Å². The minimum atomic E-state index is 0.826. The van der Waals surface area contributed by atoms with Gasteiger partial charge in [-0.05, 0) is 26.9 Å². The maximum atomic E-state index is 2.46. The largest absolute Gasteiger partial charge is 0.306 e. The topological polar surface area (TPSA) is 3.24 Å². The van der Waals surface area contributed by atoms with E-state index in [1.54, 1.807) is 0 Å². The first-order valence-electron chi connectivity index (χ1n) is 9.38. The van der Waals surface area contributed by atoms with Crippen molar-refractivity contribution in [3.8, 4) is 0 Å². The molecule has 0 aromatic rings. The quantitative estimate of drug-likeness (QED) is 0.313. The average molecular weight is 284 g/mol. The molecule has 0 fully saturated rings. The van der Waals surface area contributed by atoms with Crippen LogP contribution in [0.15, 0.2) is 0 Å². The molecule has 0 rings (SSSR count). The zero-order valence-electron chi connectivity index (χ0n) is 14.9. The number of hydrogen-bond donors (Lipinski definition) is 0. The first kappa shape index (κ1) is 20.0. The smallest absolute Gasteiger partial charge is 0.00891 e. The Labute approximate surface area is 129 Å². The lowest BCUT2D eigenvalue weighted by molar-refractivity contribution is 0.251. The van der Waals surface area contributed by atoms with E-state index in [9.17, 15) is 0 Å². The van der Waals surface area contributed by atoms with E-state index in [0.717, 1.165) is 6.04 Å². The van der Waals surface area contributed by atoms with Crippen LogP contribution in [0.25, 0.3) is 0 Å². The van der Waals surface area contributed by atoms with Crippen molar-refractivity contribution in [2.24, 2.45) is 0 Å². The molecule has 0 aromatic heterocycles. The predicted molar refractivity (Wildman–Crippen MR) is 93.5 cm³/mol. The third-order valence-corrected chi connectivity index (χ3v) is 4.51. The Morgan fingerprint density at radius 3 is 1.25 bits per heavy atom.